The summed E-state index contributed by atoms with van der Waals surface area (Å²) in [6.07, 6.45) is 1.28. The van der Waals surface area contributed by atoms with Gasteiger partial charge in [0.25, 0.3) is 14.9 Å². The number of aryl methyl sites for hydroxylation is 1. The van der Waals surface area contributed by atoms with Crippen LogP contribution in [0.1, 0.15) is 0 Å². The zero-order valence-corrected chi connectivity index (χ0v) is 8.06. The largest absolute Gasteiger partial charge is 0.479 e. The molecular formula is C5H7ClN2O3S. The molecule has 68 valence electrons. The Morgan fingerprint density at radius 3 is 2.58 bits per heavy atom. The lowest BCUT2D eigenvalue weighted by Crippen LogP contribution is -1.92. The predicted molar refractivity (Wildman–Crippen MR) is 42.8 cm³/mol. The minimum absolute atomic E-state index is 0.00694. The van der Waals surface area contributed by atoms with Gasteiger partial charge in [0.1, 0.15) is 0 Å². The van der Waals surface area contributed by atoms with E-state index in [0.29, 0.717) is 0 Å². The van der Waals surface area contributed by atoms with Crippen molar-refractivity contribution in [2.75, 3.05) is 7.11 Å². The van der Waals surface area contributed by atoms with Gasteiger partial charge in [-0.3, -0.25) is 4.68 Å². The van der Waals surface area contributed by atoms with Crippen LogP contribution in [0, 0.1) is 0 Å². The maximum atomic E-state index is 10.9. The van der Waals surface area contributed by atoms with Crippen molar-refractivity contribution < 1.29 is 13.2 Å². The Morgan fingerprint density at radius 2 is 2.25 bits per heavy atom. The van der Waals surface area contributed by atoms with Gasteiger partial charge in [-0.25, -0.2) is 8.42 Å². The fourth-order valence-corrected chi connectivity index (χ4v) is 1.68. The first-order valence-corrected chi connectivity index (χ1v) is 5.28. The van der Waals surface area contributed by atoms with Crippen LogP contribution in [0.4, 0.5) is 0 Å². The van der Waals surface area contributed by atoms with E-state index in [1.165, 1.54) is 18.0 Å². The molecule has 0 spiro atoms. The molecule has 1 rings (SSSR count). The number of ether oxygens (including phenoxy) is 1. The minimum Gasteiger partial charge on any atom is -0.479 e. The van der Waals surface area contributed by atoms with Gasteiger partial charge in [0, 0.05) is 23.9 Å². The van der Waals surface area contributed by atoms with E-state index in [0.717, 1.165) is 0 Å². The van der Waals surface area contributed by atoms with E-state index in [1.807, 2.05) is 0 Å². The Balaban J connectivity index is 3.33. The molecule has 1 heterocycles. The van der Waals surface area contributed by atoms with Crippen LogP contribution in [0.2, 0.25) is 0 Å². The Kier molecular flexibility index (Phi) is 2.29. The van der Waals surface area contributed by atoms with E-state index < -0.39 is 9.05 Å². The molecule has 0 saturated heterocycles. The zero-order valence-electron chi connectivity index (χ0n) is 6.48. The second-order valence-electron chi connectivity index (χ2n) is 2.11. The first kappa shape index (κ1) is 9.34. The molecule has 0 radical (unpaired) electrons. The number of hydrogen-bond acceptors (Lipinski definition) is 4. The van der Waals surface area contributed by atoms with Gasteiger partial charge in [-0.05, 0) is 0 Å². The average Bonchev–Trinajstić information content (AvgIpc) is 2.29. The van der Waals surface area contributed by atoms with E-state index in [-0.39, 0.29) is 10.8 Å². The molecule has 0 fully saturated rings. The SMILES string of the molecule is COc1nn(C)cc1S(=O)(=O)Cl. The molecule has 0 aliphatic heterocycles. The van der Waals surface area contributed by atoms with Crippen LogP contribution in [-0.4, -0.2) is 25.3 Å². The van der Waals surface area contributed by atoms with Gasteiger partial charge < -0.3 is 4.74 Å². The zero-order chi connectivity index (χ0) is 9.35. The maximum Gasteiger partial charge on any atom is 0.268 e. The van der Waals surface area contributed by atoms with Crippen LogP contribution >= 0.6 is 10.7 Å². The third kappa shape index (κ3) is 1.70. The lowest BCUT2D eigenvalue weighted by Gasteiger charge is -1.93. The number of methoxy groups -OCH3 is 1. The van der Waals surface area contributed by atoms with E-state index >= 15 is 0 Å². The second-order valence-corrected chi connectivity index (χ2v) is 4.65. The summed E-state index contributed by atoms with van der Waals surface area (Å²) in [5, 5.41) is 3.73. The van der Waals surface area contributed by atoms with E-state index in [9.17, 15) is 8.42 Å². The van der Waals surface area contributed by atoms with Gasteiger partial charge in [-0.15, -0.1) is 5.10 Å². The summed E-state index contributed by atoms with van der Waals surface area (Å²) in [5.74, 6) is 0.00694. The van der Waals surface area contributed by atoms with Crippen LogP contribution in [-0.2, 0) is 16.1 Å². The van der Waals surface area contributed by atoms with Crippen LogP contribution in [0.15, 0.2) is 11.1 Å². The highest BCUT2D eigenvalue weighted by molar-refractivity contribution is 8.13. The third-order valence-corrected chi connectivity index (χ3v) is 2.52. The van der Waals surface area contributed by atoms with Crippen LogP contribution in [0.25, 0.3) is 0 Å². The van der Waals surface area contributed by atoms with E-state index in [2.05, 4.69) is 5.10 Å². The highest BCUT2D eigenvalue weighted by Gasteiger charge is 2.19. The van der Waals surface area contributed by atoms with Gasteiger partial charge in [0.05, 0.1) is 7.11 Å². The van der Waals surface area contributed by atoms with Gasteiger partial charge in [-0.1, -0.05) is 0 Å². The third-order valence-electron chi connectivity index (χ3n) is 1.22. The maximum absolute atomic E-state index is 10.9. The first-order chi connectivity index (χ1) is 5.45. The van der Waals surface area contributed by atoms with Crippen molar-refractivity contribution in [3.8, 4) is 5.88 Å². The fourth-order valence-electron chi connectivity index (χ4n) is 0.755. The van der Waals surface area contributed by atoms with Crippen molar-refractivity contribution in [2.45, 2.75) is 4.90 Å². The Labute approximate surface area is 74.3 Å². The Morgan fingerprint density at radius 1 is 1.67 bits per heavy atom. The number of halogens is 1. The monoisotopic (exact) mass is 210 g/mol. The number of nitrogens with zero attached hydrogens (tertiary/aromatic N) is 2. The summed E-state index contributed by atoms with van der Waals surface area (Å²) in [7, 11) is 4.24. The highest BCUT2D eigenvalue weighted by atomic mass is 35.7. The molecular weight excluding hydrogens is 204 g/mol. The molecule has 0 aliphatic rings. The van der Waals surface area contributed by atoms with E-state index in [4.69, 9.17) is 15.4 Å². The van der Waals surface area contributed by atoms with Crippen molar-refractivity contribution in [1.82, 2.24) is 9.78 Å². The molecule has 0 bridgehead atoms. The molecule has 5 nitrogen and oxygen atoms in total. The Bertz CT molecular complexity index is 383. The summed E-state index contributed by atoms with van der Waals surface area (Å²) in [6.45, 7) is 0. The molecule has 1 aromatic rings. The summed E-state index contributed by atoms with van der Waals surface area (Å²) in [6, 6.07) is 0. The molecule has 7 heteroatoms. The molecule has 0 unspecified atom stereocenters. The van der Waals surface area contributed by atoms with Crippen molar-refractivity contribution in [3.05, 3.63) is 6.20 Å². The number of hydrogen-bond donors (Lipinski definition) is 0. The van der Waals surface area contributed by atoms with Crippen molar-refractivity contribution in [3.63, 3.8) is 0 Å². The summed E-state index contributed by atoms with van der Waals surface area (Å²) in [5.41, 5.74) is 0. The molecule has 1 aromatic heterocycles. The summed E-state index contributed by atoms with van der Waals surface area (Å²) in [4.78, 5) is -0.117. The molecule has 0 aromatic carbocycles. The van der Waals surface area contributed by atoms with Gasteiger partial charge in [0.2, 0.25) is 0 Å². The van der Waals surface area contributed by atoms with Crippen molar-refractivity contribution in [2.24, 2.45) is 7.05 Å². The highest BCUT2D eigenvalue weighted by Crippen LogP contribution is 2.23. The standard InChI is InChI=1S/C5H7ClN2O3S/c1-8-3-4(12(6,9)10)5(7-8)11-2/h3H,1-2H3. The quantitative estimate of drug-likeness (QED) is 0.662. The Hall–Kier alpha value is -0.750. The molecule has 0 amide bonds. The second kappa shape index (κ2) is 2.95. The van der Waals surface area contributed by atoms with Crippen LogP contribution < -0.4 is 4.74 Å². The van der Waals surface area contributed by atoms with Gasteiger partial charge in [-0.2, -0.15) is 0 Å². The lowest BCUT2D eigenvalue weighted by molar-refractivity contribution is 0.382. The topological polar surface area (TPSA) is 61.2 Å². The molecule has 0 N–H and O–H groups in total. The van der Waals surface area contributed by atoms with Crippen molar-refractivity contribution in [1.29, 1.82) is 0 Å². The normalized spacial score (nSPS) is 11.6. The first-order valence-electron chi connectivity index (χ1n) is 2.97. The lowest BCUT2D eigenvalue weighted by atomic mass is 10.7. The van der Waals surface area contributed by atoms with Crippen molar-refractivity contribution >= 4 is 19.7 Å². The number of aromatic nitrogens is 2. The van der Waals surface area contributed by atoms with E-state index in [1.54, 1.807) is 7.05 Å². The summed E-state index contributed by atoms with van der Waals surface area (Å²) >= 11 is 0. The molecule has 0 aliphatic carbocycles. The van der Waals surface area contributed by atoms with Gasteiger partial charge in [0.15, 0.2) is 4.90 Å². The predicted octanol–water partition coefficient (Wildman–Crippen LogP) is 0.356. The minimum atomic E-state index is -3.76. The fraction of sp³-hybridized carbons (Fsp3) is 0.400. The smallest absolute Gasteiger partial charge is 0.268 e. The summed E-state index contributed by atoms with van der Waals surface area (Å²) < 4.78 is 27.7. The van der Waals surface area contributed by atoms with Gasteiger partial charge >= 0.3 is 0 Å². The molecule has 0 atom stereocenters. The molecule has 0 saturated carbocycles. The average molecular weight is 211 g/mol. The molecule has 12 heavy (non-hydrogen) atoms. The number of rotatable bonds is 2. The van der Waals surface area contributed by atoms with Crippen LogP contribution in [0.5, 0.6) is 5.88 Å². The van der Waals surface area contributed by atoms with Crippen LogP contribution in [0.3, 0.4) is 0 Å².